The molecule has 1 aromatic rings. The molecular weight excluding hydrogens is 264 g/mol. The van der Waals surface area contributed by atoms with Gasteiger partial charge >= 0.3 is 11.9 Å². The number of methoxy groups -OCH3 is 2. The van der Waals surface area contributed by atoms with Crippen LogP contribution in [0.15, 0.2) is 42.2 Å². The molecular formula is C14H14O6. The quantitative estimate of drug-likeness (QED) is 0.336. The Balaban J connectivity index is 2.72. The first kappa shape index (κ1) is 15.4. The van der Waals surface area contributed by atoms with E-state index in [1.807, 2.05) is 0 Å². The predicted molar refractivity (Wildman–Crippen MR) is 68.8 cm³/mol. The summed E-state index contributed by atoms with van der Waals surface area (Å²) in [6.45, 7) is -0.387. The third-order valence-corrected chi connectivity index (χ3v) is 2.29. The number of carbonyl (C=O) groups excluding carboxylic acids is 3. The van der Waals surface area contributed by atoms with Crippen molar-refractivity contribution in [3.8, 4) is 0 Å². The monoisotopic (exact) mass is 278 g/mol. The summed E-state index contributed by atoms with van der Waals surface area (Å²) in [5.41, 5.74) is 0.440. The molecule has 0 atom stereocenters. The lowest BCUT2D eigenvalue weighted by atomic mass is 10.1. The van der Waals surface area contributed by atoms with Gasteiger partial charge in [-0.3, -0.25) is 4.79 Å². The van der Waals surface area contributed by atoms with Gasteiger partial charge in [-0.2, -0.15) is 0 Å². The SMILES string of the molecule is COC(=O)/C=C(/OCC(=O)c1ccccc1)C(=O)OC. The van der Waals surface area contributed by atoms with Crippen LogP contribution in [0.5, 0.6) is 0 Å². The van der Waals surface area contributed by atoms with Gasteiger partial charge in [0.15, 0.2) is 12.4 Å². The second kappa shape index (κ2) is 7.73. The highest BCUT2D eigenvalue weighted by Gasteiger charge is 2.16. The van der Waals surface area contributed by atoms with Crippen molar-refractivity contribution in [2.45, 2.75) is 0 Å². The van der Waals surface area contributed by atoms with Gasteiger partial charge in [-0.1, -0.05) is 30.3 Å². The Hall–Kier alpha value is -2.63. The van der Waals surface area contributed by atoms with Crippen LogP contribution in [0.3, 0.4) is 0 Å². The highest BCUT2D eigenvalue weighted by molar-refractivity contribution is 5.98. The van der Waals surface area contributed by atoms with E-state index in [4.69, 9.17) is 4.74 Å². The first-order chi connectivity index (χ1) is 9.58. The van der Waals surface area contributed by atoms with Crippen molar-refractivity contribution in [2.24, 2.45) is 0 Å². The lowest BCUT2D eigenvalue weighted by Gasteiger charge is -2.07. The maximum atomic E-state index is 11.8. The van der Waals surface area contributed by atoms with E-state index in [0.717, 1.165) is 20.3 Å². The average molecular weight is 278 g/mol. The predicted octanol–water partition coefficient (Wildman–Crippen LogP) is 1.12. The van der Waals surface area contributed by atoms with Gasteiger partial charge in [0.2, 0.25) is 5.76 Å². The largest absolute Gasteiger partial charge is 0.478 e. The van der Waals surface area contributed by atoms with Crippen LogP contribution in [0.4, 0.5) is 0 Å². The van der Waals surface area contributed by atoms with Crippen LogP contribution >= 0.6 is 0 Å². The Kier molecular flexibility index (Phi) is 5.96. The fourth-order valence-electron chi connectivity index (χ4n) is 1.28. The van der Waals surface area contributed by atoms with Gasteiger partial charge < -0.3 is 14.2 Å². The van der Waals surface area contributed by atoms with Crippen molar-refractivity contribution < 1.29 is 28.6 Å². The number of rotatable bonds is 6. The smallest absolute Gasteiger partial charge is 0.373 e. The highest BCUT2D eigenvalue weighted by Crippen LogP contribution is 2.05. The van der Waals surface area contributed by atoms with E-state index in [2.05, 4.69) is 9.47 Å². The van der Waals surface area contributed by atoms with Crippen LogP contribution in [-0.2, 0) is 23.8 Å². The summed E-state index contributed by atoms with van der Waals surface area (Å²) >= 11 is 0. The first-order valence-corrected chi connectivity index (χ1v) is 5.67. The maximum absolute atomic E-state index is 11.8. The number of Topliss-reactive ketones (excluding diaryl/α,β-unsaturated/α-hetero) is 1. The molecule has 0 radical (unpaired) electrons. The Morgan fingerprint density at radius 3 is 2.25 bits per heavy atom. The van der Waals surface area contributed by atoms with E-state index in [1.54, 1.807) is 30.3 Å². The van der Waals surface area contributed by atoms with Crippen LogP contribution in [0.1, 0.15) is 10.4 Å². The summed E-state index contributed by atoms with van der Waals surface area (Å²) in [6, 6.07) is 8.42. The number of hydrogen-bond acceptors (Lipinski definition) is 6. The van der Waals surface area contributed by atoms with Crippen molar-refractivity contribution in [1.29, 1.82) is 0 Å². The molecule has 0 amide bonds. The van der Waals surface area contributed by atoms with E-state index >= 15 is 0 Å². The van der Waals surface area contributed by atoms with E-state index < -0.39 is 11.9 Å². The minimum Gasteiger partial charge on any atom is -0.478 e. The van der Waals surface area contributed by atoms with E-state index in [0.29, 0.717) is 5.56 Å². The van der Waals surface area contributed by atoms with E-state index in [-0.39, 0.29) is 18.1 Å². The van der Waals surface area contributed by atoms with Gasteiger partial charge in [0, 0.05) is 5.56 Å². The first-order valence-electron chi connectivity index (χ1n) is 5.67. The van der Waals surface area contributed by atoms with Crippen LogP contribution in [0.25, 0.3) is 0 Å². The summed E-state index contributed by atoms with van der Waals surface area (Å²) in [4.78, 5) is 34.3. The molecule has 0 N–H and O–H groups in total. The second-order valence-corrected chi connectivity index (χ2v) is 3.60. The molecule has 0 spiro atoms. The van der Waals surface area contributed by atoms with Crippen molar-refractivity contribution in [1.82, 2.24) is 0 Å². The Bertz CT molecular complexity index is 518. The number of ether oxygens (including phenoxy) is 3. The zero-order valence-electron chi connectivity index (χ0n) is 11.1. The molecule has 0 heterocycles. The number of ketones is 1. The zero-order valence-corrected chi connectivity index (χ0v) is 11.1. The Labute approximate surface area is 115 Å². The van der Waals surface area contributed by atoms with Gasteiger partial charge in [0.05, 0.1) is 20.3 Å². The summed E-state index contributed by atoms with van der Waals surface area (Å²) in [7, 11) is 2.29. The van der Waals surface area contributed by atoms with E-state index in [1.165, 1.54) is 0 Å². The molecule has 0 saturated carbocycles. The molecule has 0 aromatic heterocycles. The molecule has 0 fully saturated rings. The number of carbonyl (C=O) groups is 3. The summed E-state index contributed by atoms with van der Waals surface area (Å²) in [6.07, 6.45) is 0.824. The van der Waals surface area contributed by atoms with Crippen LogP contribution in [0.2, 0.25) is 0 Å². The Morgan fingerprint density at radius 2 is 1.70 bits per heavy atom. The number of benzene rings is 1. The molecule has 0 aliphatic carbocycles. The minimum atomic E-state index is -0.865. The lowest BCUT2D eigenvalue weighted by Crippen LogP contribution is -2.16. The topological polar surface area (TPSA) is 78.9 Å². The standard InChI is InChI=1S/C14H14O6/c1-18-13(16)8-12(14(17)19-2)20-9-11(15)10-6-4-3-5-7-10/h3-8H,9H2,1-2H3/b12-8+. The molecule has 0 saturated heterocycles. The van der Waals surface area contributed by atoms with Gasteiger partial charge in [-0.15, -0.1) is 0 Å². The third-order valence-electron chi connectivity index (χ3n) is 2.29. The number of hydrogen-bond donors (Lipinski definition) is 0. The summed E-state index contributed by atoms with van der Waals surface area (Å²) in [5.74, 6) is -2.36. The number of esters is 2. The van der Waals surface area contributed by atoms with Crippen molar-refractivity contribution in [2.75, 3.05) is 20.8 Å². The molecule has 1 aromatic carbocycles. The maximum Gasteiger partial charge on any atom is 0.373 e. The van der Waals surface area contributed by atoms with Crippen molar-refractivity contribution in [3.63, 3.8) is 0 Å². The fraction of sp³-hybridized carbons (Fsp3) is 0.214. The fourth-order valence-corrected chi connectivity index (χ4v) is 1.28. The Morgan fingerprint density at radius 1 is 1.05 bits per heavy atom. The molecule has 1 rings (SSSR count). The molecule has 6 heteroatoms. The van der Waals surface area contributed by atoms with Crippen molar-refractivity contribution >= 4 is 17.7 Å². The molecule has 0 aliphatic heterocycles. The van der Waals surface area contributed by atoms with Crippen LogP contribution in [-0.4, -0.2) is 38.5 Å². The van der Waals surface area contributed by atoms with Gasteiger partial charge in [0.1, 0.15) is 0 Å². The molecule has 106 valence electrons. The molecule has 6 nitrogen and oxygen atoms in total. The minimum absolute atomic E-state index is 0.328. The molecule has 0 unspecified atom stereocenters. The molecule has 20 heavy (non-hydrogen) atoms. The molecule has 0 aliphatic rings. The van der Waals surface area contributed by atoms with Gasteiger partial charge in [-0.05, 0) is 0 Å². The normalized spacial score (nSPS) is 10.6. The van der Waals surface area contributed by atoms with Gasteiger partial charge in [0.25, 0.3) is 0 Å². The summed E-state index contributed by atoms with van der Waals surface area (Å²) in [5, 5.41) is 0. The second-order valence-electron chi connectivity index (χ2n) is 3.60. The third kappa shape index (κ3) is 4.56. The van der Waals surface area contributed by atoms with Crippen LogP contribution in [0, 0.1) is 0 Å². The lowest BCUT2D eigenvalue weighted by molar-refractivity contribution is -0.141. The average Bonchev–Trinajstić information content (AvgIpc) is 2.50. The molecule has 0 bridgehead atoms. The van der Waals surface area contributed by atoms with Crippen molar-refractivity contribution in [3.05, 3.63) is 47.7 Å². The van der Waals surface area contributed by atoms with Gasteiger partial charge in [-0.25, -0.2) is 9.59 Å². The summed E-state index contributed by atoms with van der Waals surface area (Å²) < 4.78 is 13.8. The van der Waals surface area contributed by atoms with E-state index in [9.17, 15) is 14.4 Å². The van der Waals surface area contributed by atoms with Crippen LogP contribution < -0.4 is 0 Å². The zero-order chi connectivity index (χ0) is 15.0. The highest BCUT2D eigenvalue weighted by atomic mass is 16.6.